The number of nitrogens with zero attached hydrogens (tertiary/aromatic N) is 1. The second-order valence-electron chi connectivity index (χ2n) is 4.32. The topological polar surface area (TPSA) is 71.8 Å². The van der Waals surface area contributed by atoms with Gasteiger partial charge in [-0.15, -0.1) is 0 Å². The number of benzene rings is 1. The van der Waals surface area contributed by atoms with Gasteiger partial charge in [0.05, 0.1) is 0 Å². The van der Waals surface area contributed by atoms with Crippen LogP contribution in [0.15, 0.2) is 47.5 Å². The van der Waals surface area contributed by atoms with Crippen LogP contribution in [0, 0.1) is 0 Å². The normalized spacial score (nSPS) is 12.7. The number of nitrogens with two attached hydrogens (primary N) is 1. The number of H-pyrrole nitrogens is 1. The highest BCUT2D eigenvalue weighted by Crippen LogP contribution is 2.26. The van der Waals surface area contributed by atoms with E-state index in [2.05, 4.69) is 9.97 Å². The van der Waals surface area contributed by atoms with E-state index in [9.17, 15) is 4.21 Å². The van der Waals surface area contributed by atoms with Crippen LogP contribution in [-0.4, -0.2) is 20.4 Å². The van der Waals surface area contributed by atoms with Crippen molar-refractivity contribution in [2.45, 2.75) is 4.90 Å². The van der Waals surface area contributed by atoms with E-state index >= 15 is 0 Å². The van der Waals surface area contributed by atoms with Crippen molar-refractivity contribution in [3.63, 3.8) is 0 Å². The molecule has 0 fully saturated rings. The molecule has 0 amide bonds. The smallest absolute Gasteiger partial charge is 0.139 e. The first-order valence-electron chi connectivity index (χ1n) is 5.82. The van der Waals surface area contributed by atoms with E-state index in [-0.39, 0.29) is 0 Å². The van der Waals surface area contributed by atoms with Crippen LogP contribution in [0.2, 0.25) is 0 Å². The van der Waals surface area contributed by atoms with Crippen molar-refractivity contribution in [2.24, 2.45) is 0 Å². The summed E-state index contributed by atoms with van der Waals surface area (Å²) in [5.41, 5.74) is 9.37. The van der Waals surface area contributed by atoms with E-state index in [4.69, 9.17) is 5.73 Å². The summed E-state index contributed by atoms with van der Waals surface area (Å²) in [7, 11) is -0.955. The van der Waals surface area contributed by atoms with Crippen molar-refractivity contribution in [3.8, 4) is 11.3 Å². The number of fused-ring (bicyclic) bond motifs is 1. The van der Waals surface area contributed by atoms with Gasteiger partial charge in [0.15, 0.2) is 0 Å². The van der Waals surface area contributed by atoms with Gasteiger partial charge < -0.3 is 10.7 Å². The highest BCUT2D eigenvalue weighted by Gasteiger charge is 2.06. The Balaban J connectivity index is 2.09. The molecule has 5 heteroatoms. The molecule has 0 saturated heterocycles. The first-order chi connectivity index (χ1) is 9.15. The van der Waals surface area contributed by atoms with Crippen molar-refractivity contribution in [1.82, 2.24) is 9.97 Å². The van der Waals surface area contributed by atoms with Gasteiger partial charge in [0, 0.05) is 44.9 Å². The maximum absolute atomic E-state index is 11.4. The lowest BCUT2D eigenvalue weighted by Crippen LogP contribution is -1.86. The molecule has 3 N–H and O–H groups in total. The van der Waals surface area contributed by atoms with Crippen LogP contribution in [0.25, 0.3) is 22.3 Å². The third kappa shape index (κ3) is 2.13. The van der Waals surface area contributed by atoms with Crippen molar-refractivity contribution in [1.29, 1.82) is 0 Å². The fourth-order valence-electron chi connectivity index (χ4n) is 2.03. The quantitative estimate of drug-likeness (QED) is 0.752. The minimum atomic E-state index is -0.955. The molecule has 1 unspecified atom stereocenters. The third-order valence-electron chi connectivity index (χ3n) is 3.06. The number of rotatable bonds is 2. The molecule has 0 saturated carbocycles. The maximum atomic E-state index is 11.4. The number of anilines is 1. The molecule has 0 radical (unpaired) electrons. The zero-order chi connectivity index (χ0) is 13.4. The van der Waals surface area contributed by atoms with Crippen LogP contribution < -0.4 is 5.73 Å². The lowest BCUT2D eigenvalue weighted by Gasteiger charge is -1.99. The summed E-state index contributed by atoms with van der Waals surface area (Å²) >= 11 is 0. The Morgan fingerprint density at radius 1 is 1.21 bits per heavy atom. The molecule has 0 aliphatic carbocycles. The molecule has 2 aromatic heterocycles. The Morgan fingerprint density at radius 2 is 1.95 bits per heavy atom. The Kier molecular flexibility index (Phi) is 2.83. The fourth-order valence-corrected chi connectivity index (χ4v) is 2.55. The molecule has 0 aliphatic heterocycles. The Labute approximate surface area is 113 Å². The number of nitrogens with one attached hydrogen (secondary N) is 1. The molecule has 0 bridgehead atoms. The van der Waals surface area contributed by atoms with E-state index in [0.29, 0.717) is 5.69 Å². The average molecular weight is 271 g/mol. The highest BCUT2D eigenvalue weighted by molar-refractivity contribution is 7.84. The largest absolute Gasteiger partial charge is 0.398 e. The lowest BCUT2D eigenvalue weighted by molar-refractivity contribution is 0.687. The third-order valence-corrected chi connectivity index (χ3v) is 4.00. The fraction of sp³-hybridized carbons (Fsp3) is 0.0714. The van der Waals surface area contributed by atoms with Crippen LogP contribution in [0.1, 0.15) is 0 Å². The molecular formula is C14H13N3OS. The van der Waals surface area contributed by atoms with Gasteiger partial charge in [-0.2, -0.15) is 0 Å². The molecule has 3 rings (SSSR count). The van der Waals surface area contributed by atoms with E-state index in [1.165, 1.54) is 0 Å². The van der Waals surface area contributed by atoms with Crippen LogP contribution in [0.3, 0.4) is 0 Å². The van der Waals surface area contributed by atoms with E-state index < -0.39 is 10.8 Å². The zero-order valence-electron chi connectivity index (χ0n) is 10.4. The Morgan fingerprint density at radius 3 is 2.58 bits per heavy atom. The van der Waals surface area contributed by atoms with Crippen molar-refractivity contribution >= 4 is 27.5 Å². The van der Waals surface area contributed by atoms with Gasteiger partial charge >= 0.3 is 0 Å². The van der Waals surface area contributed by atoms with Crippen LogP contribution in [0.4, 0.5) is 5.69 Å². The SMILES string of the molecule is CS(=O)c1ccc(-c2cc3c(N)ccnc3[nH]2)cc1. The highest BCUT2D eigenvalue weighted by atomic mass is 32.2. The minimum absolute atomic E-state index is 0.707. The molecule has 96 valence electrons. The number of hydrogen-bond acceptors (Lipinski definition) is 3. The van der Waals surface area contributed by atoms with Crippen LogP contribution in [0.5, 0.6) is 0 Å². The summed E-state index contributed by atoms with van der Waals surface area (Å²) in [6.45, 7) is 0. The number of pyridine rings is 1. The predicted octanol–water partition coefficient (Wildman–Crippen LogP) is 2.55. The van der Waals surface area contributed by atoms with Gasteiger partial charge in [-0.05, 0) is 29.8 Å². The molecule has 1 aromatic carbocycles. The summed E-state index contributed by atoms with van der Waals surface area (Å²) in [5, 5.41) is 0.917. The Hall–Kier alpha value is -2.14. The minimum Gasteiger partial charge on any atom is -0.398 e. The maximum Gasteiger partial charge on any atom is 0.139 e. The summed E-state index contributed by atoms with van der Waals surface area (Å²) in [6.07, 6.45) is 3.35. The molecule has 3 aromatic rings. The number of aromatic nitrogens is 2. The van der Waals surface area contributed by atoms with Gasteiger partial charge in [-0.25, -0.2) is 4.98 Å². The molecule has 0 aliphatic rings. The van der Waals surface area contributed by atoms with Crippen molar-refractivity contribution in [2.75, 3.05) is 12.0 Å². The second-order valence-corrected chi connectivity index (χ2v) is 5.70. The first kappa shape index (κ1) is 11.9. The van der Waals surface area contributed by atoms with E-state index in [0.717, 1.165) is 27.2 Å². The monoisotopic (exact) mass is 271 g/mol. The molecule has 19 heavy (non-hydrogen) atoms. The summed E-state index contributed by atoms with van der Waals surface area (Å²) in [6, 6.07) is 11.4. The van der Waals surface area contributed by atoms with E-state index in [1.54, 1.807) is 18.5 Å². The van der Waals surface area contributed by atoms with Gasteiger partial charge in [-0.3, -0.25) is 4.21 Å². The standard InChI is InChI=1S/C14H13N3OS/c1-19(18)10-4-2-9(3-5-10)13-8-11-12(15)6-7-16-14(11)17-13/h2-8H,1H3,(H3,15,16,17). The molecule has 4 nitrogen and oxygen atoms in total. The van der Waals surface area contributed by atoms with Crippen LogP contribution in [-0.2, 0) is 10.8 Å². The average Bonchev–Trinajstić information content (AvgIpc) is 2.84. The van der Waals surface area contributed by atoms with E-state index in [1.807, 2.05) is 30.3 Å². The van der Waals surface area contributed by atoms with Crippen molar-refractivity contribution in [3.05, 3.63) is 42.6 Å². The van der Waals surface area contributed by atoms with Crippen molar-refractivity contribution < 1.29 is 4.21 Å². The number of aromatic amines is 1. The van der Waals surface area contributed by atoms with Gasteiger partial charge in [-0.1, -0.05) is 12.1 Å². The van der Waals surface area contributed by atoms with Gasteiger partial charge in [0.1, 0.15) is 5.65 Å². The second kappa shape index (κ2) is 4.51. The molecule has 1 atom stereocenters. The molecule has 2 heterocycles. The molecular weight excluding hydrogens is 258 g/mol. The number of nitrogen functional groups attached to an aromatic ring is 1. The lowest BCUT2D eigenvalue weighted by atomic mass is 10.1. The summed E-state index contributed by atoms with van der Waals surface area (Å²) in [5.74, 6) is 0. The Bertz CT molecular complexity index is 762. The van der Waals surface area contributed by atoms with Gasteiger partial charge in [0.2, 0.25) is 0 Å². The zero-order valence-corrected chi connectivity index (χ0v) is 11.2. The van der Waals surface area contributed by atoms with Gasteiger partial charge in [0.25, 0.3) is 0 Å². The summed E-state index contributed by atoms with van der Waals surface area (Å²) in [4.78, 5) is 8.30. The summed E-state index contributed by atoms with van der Waals surface area (Å²) < 4.78 is 11.4. The first-order valence-corrected chi connectivity index (χ1v) is 7.38. The van der Waals surface area contributed by atoms with Crippen LogP contribution >= 0.6 is 0 Å². The molecule has 0 spiro atoms. The predicted molar refractivity (Wildman–Crippen MR) is 78.3 cm³/mol. The number of hydrogen-bond donors (Lipinski definition) is 2.